The highest BCUT2D eigenvalue weighted by Gasteiger charge is 2.13. The third-order valence-electron chi connectivity index (χ3n) is 2.87. The minimum absolute atomic E-state index is 0.0677. The van der Waals surface area contributed by atoms with Gasteiger partial charge in [0.2, 0.25) is 0 Å². The molecule has 104 valence electrons. The average molecular weight is 335 g/mol. The number of aromatic nitrogens is 2. The zero-order chi connectivity index (χ0) is 14.7. The first-order valence-electron chi connectivity index (χ1n) is 6.18. The minimum atomic E-state index is 0.0677. The van der Waals surface area contributed by atoms with Crippen molar-refractivity contribution in [2.75, 3.05) is 5.33 Å². The van der Waals surface area contributed by atoms with Crippen molar-refractivity contribution >= 4 is 21.7 Å². The van der Waals surface area contributed by atoms with Crippen LogP contribution in [0.25, 0.3) is 0 Å². The first kappa shape index (κ1) is 14.7. The zero-order valence-corrected chi connectivity index (χ0v) is 13.2. The van der Waals surface area contributed by atoms with Crippen molar-refractivity contribution < 1.29 is 9.53 Å². The number of ketones is 1. The molecular formula is C15H15BrN2O2. The van der Waals surface area contributed by atoms with Gasteiger partial charge in [0, 0.05) is 18.0 Å². The highest BCUT2D eigenvalue weighted by Crippen LogP contribution is 2.25. The summed E-state index contributed by atoms with van der Waals surface area (Å²) >= 11 is 3.20. The van der Waals surface area contributed by atoms with Gasteiger partial charge in [-0.15, -0.1) is 0 Å². The van der Waals surface area contributed by atoms with E-state index in [4.69, 9.17) is 4.74 Å². The van der Waals surface area contributed by atoms with Crippen molar-refractivity contribution in [2.45, 2.75) is 20.8 Å². The van der Waals surface area contributed by atoms with E-state index in [1.165, 1.54) is 0 Å². The van der Waals surface area contributed by atoms with Crippen LogP contribution in [-0.4, -0.2) is 21.1 Å². The van der Waals surface area contributed by atoms with Crippen LogP contribution >= 0.6 is 15.9 Å². The first-order chi connectivity index (χ1) is 9.51. The van der Waals surface area contributed by atoms with Gasteiger partial charge in [-0.2, -0.15) is 0 Å². The van der Waals surface area contributed by atoms with Gasteiger partial charge in [0.1, 0.15) is 5.75 Å². The summed E-state index contributed by atoms with van der Waals surface area (Å²) in [5.74, 6) is 0.702. The number of alkyl halides is 1. The Kier molecular flexibility index (Phi) is 4.49. The Balaban J connectivity index is 2.30. The second-order valence-electron chi connectivity index (χ2n) is 4.63. The van der Waals surface area contributed by atoms with Crippen molar-refractivity contribution in [3.8, 4) is 11.8 Å². The fraction of sp³-hybridized carbons (Fsp3) is 0.267. The van der Waals surface area contributed by atoms with E-state index < -0.39 is 0 Å². The second-order valence-corrected chi connectivity index (χ2v) is 5.19. The highest BCUT2D eigenvalue weighted by molar-refractivity contribution is 9.09. The summed E-state index contributed by atoms with van der Waals surface area (Å²) in [6, 6.07) is 3.95. The molecule has 0 saturated carbocycles. The number of carbonyl (C=O) groups is 1. The summed E-state index contributed by atoms with van der Waals surface area (Å²) < 4.78 is 5.62. The lowest BCUT2D eigenvalue weighted by Gasteiger charge is -2.11. The number of rotatable bonds is 4. The molecule has 0 spiro atoms. The molecule has 5 heteroatoms. The highest BCUT2D eigenvalue weighted by atomic mass is 79.9. The molecule has 20 heavy (non-hydrogen) atoms. The summed E-state index contributed by atoms with van der Waals surface area (Å²) in [6.45, 7) is 5.70. The van der Waals surface area contributed by atoms with Crippen LogP contribution in [0.4, 0.5) is 0 Å². The van der Waals surface area contributed by atoms with E-state index in [-0.39, 0.29) is 5.78 Å². The van der Waals surface area contributed by atoms with Crippen LogP contribution in [0.5, 0.6) is 11.8 Å². The Hall–Kier alpha value is -1.75. The number of hydrogen-bond donors (Lipinski definition) is 0. The topological polar surface area (TPSA) is 52.1 Å². The maximum absolute atomic E-state index is 11.8. The van der Waals surface area contributed by atoms with E-state index >= 15 is 0 Å². The number of Topliss-reactive ketones (excluding diaryl/α,β-unsaturated/α-hetero) is 1. The number of aryl methyl sites for hydroxylation is 3. The minimum Gasteiger partial charge on any atom is -0.424 e. The molecule has 1 heterocycles. The van der Waals surface area contributed by atoms with Crippen molar-refractivity contribution in [3.63, 3.8) is 0 Å². The summed E-state index contributed by atoms with van der Waals surface area (Å²) in [6.07, 6.45) is 3.40. The molecule has 0 aliphatic heterocycles. The molecule has 2 rings (SSSR count). The maximum atomic E-state index is 11.8. The first-order valence-corrected chi connectivity index (χ1v) is 7.30. The van der Waals surface area contributed by atoms with Gasteiger partial charge < -0.3 is 4.74 Å². The summed E-state index contributed by atoms with van der Waals surface area (Å²) in [4.78, 5) is 20.0. The number of nitrogens with zero attached hydrogens (tertiary/aromatic N) is 2. The molecule has 0 fully saturated rings. The van der Waals surface area contributed by atoms with Crippen LogP contribution in [0.2, 0.25) is 0 Å². The van der Waals surface area contributed by atoms with Gasteiger partial charge in [-0.25, -0.2) is 9.97 Å². The summed E-state index contributed by atoms with van der Waals surface area (Å²) in [7, 11) is 0. The van der Waals surface area contributed by atoms with Gasteiger partial charge >= 0.3 is 6.01 Å². The normalized spacial score (nSPS) is 10.4. The van der Waals surface area contributed by atoms with Crippen LogP contribution in [0.15, 0.2) is 24.5 Å². The van der Waals surface area contributed by atoms with Crippen molar-refractivity contribution in [1.82, 2.24) is 9.97 Å². The smallest absolute Gasteiger partial charge is 0.321 e. The van der Waals surface area contributed by atoms with Gasteiger partial charge in [0.15, 0.2) is 5.78 Å². The van der Waals surface area contributed by atoms with Gasteiger partial charge in [0.05, 0.1) is 5.33 Å². The Morgan fingerprint density at radius 3 is 2.20 bits per heavy atom. The standard InChI is InChI=1S/C15H15BrN2O2/c1-9-7-17-15(18-8-9)20-12-4-10(2)14(11(3)5-12)13(19)6-16/h4-5,7-8H,6H2,1-3H3. The molecule has 0 aliphatic carbocycles. The van der Waals surface area contributed by atoms with Crippen molar-refractivity contribution in [2.24, 2.45) is 0 Å². The Morgan fingerprint density at radius 2 is 1.70 bits per heavy atom. The molecule has 0 atom stereocenters. The fourth-order valence-electron chi connectivity index (χ4n) is 2.03. The SMILES string of the molecule is Cc1cnc(Oc2cc(C)c(C(=O)CBr)c(C)c2)nc1. The molecule has 4 nitrogen and oxygen atoms in total. The van der Waals surface area contributed by atoms with Crippen molar-refractivity contribution in [3.05, 3.63) is 46.8 Å². The number of benzene rings is 1. The van der Waals surface area contributed by atoms with E-state index in [0.717, 1.165) is 22.3 Å². The van der Waals surface area contributed by atoms with E-state index in [1.807, 2.05) is 32.9 Å². The van der Waals surface area contributed by atoms with Gasteiger partial charge in [-0.05, 0) is 49.6 Å². The van der Waals surface area contributed by atoms with Gasteiger partial charge in [-0.1, -0.05) is 15.9 Å². The fourth-order valence-corrected chi connectivity index (χ4v) is 2.31. The van der Waals surface area contributed by atoms with E-state index in [9.17, 15) is 4.79 Å². The number of ether oxygens (including phenoxy) is 1. The average Bonchev–Trinajstić information content (AvgIpc) is 2.40. The van der Waals surface area contributed by atoms with Crippen LogP contribution in [0.3, 0.4) is 0 Å². The molecule has 2 aromatic rings. The molecule has 0 radical (unpaired) electrons. The number of halogens is 1. The Morgan fingerprint density at radius 1 is 1.15 bits per heavy atom. The summed E-state index contributed by atoms with van der Waals surface area (Å²) in [5.41, 5.74) is 3.48. The lowest BCUT2D eigenvalue weighted by atomic mass is 9.99. The molecule has 1 aromatic heterocycles. The van der Waals surface area contributed by atoms with E-state index in [1.54, 1.807) is 12.4 Å². The van der Waals surface area contributed by atoms with Crippen LogP contribution in [0, 0.1) is 20.8 Å². The monoisotopic (exact) mass is 334 g/mol. The van der Waals surface area contributed by atoms with Gasteiger partial charge in [-0.3, -0.25) is 4.79 Å². The molecular weight excluding hydrogens is 320 g/mol. The van der Waals surface area contributed by atoms with Crippen LogP contribution in [-0.2, 0) is 0 Å². The Bertz CT molecular complexity index is 616. The molecule has 0 saturated heterocycles. The largest absolute Gasteiger partial charge is 0.424 e. The Labute approximate surface area is 126 Å². The third kappa shape index (κ3) is 3.22. The molecule has 0 bridgehead atoms. The van der Waals surface area contributed by atoms with E-state index in [2.05, 4.69) is 25.9 Å². The second kappa shape index (κ2) is 6.13. The molecule has 0 N–H and O–H groups in total. The number of carbonyl (C=O) groups excluding carboxylic acids is 1. The number of hydrogen-bond acceptors (Lipinski definition) is 4. The van der Waals surface area contributed by atoms with E-state index in [0.29, 0.717) is 17.1 Å². The zero-order valence-electron chi connectivity index (χ0n) is 11.6. The lowest BCUT2D eigenvalue weighted by Crippen LogP contribution is -2.06. The third-order valence-corrected chi connectivity index (χ3v) is 3.38. The quantitative estimate of drug-likeness (QED) is 0.630. The molecule has 0 amide bonds. The van der Waals surface area contributed by atoms with Crippen LogP contribution in [0.1, 0.15) is 27.0 Å². The van der Waals surface area contributed by atoms with Crippen LogP contribution < -0.4 is 4.74 Å². The maximum Gasteiger partial charge on any atom is 0.321 e. The van der Waals surface area contributed by atoms with Crippen molar-refractivity contribution in [1.29, 1.82) is 0 Å². The summed E-state index contributed by atoms with van der Waals surface area (Å²) in [5, 5.41) is 0.315. The molecule has 0 unspecified atom stereocenters. The van der Waals surface area contributed by atoms with Gasteiger partial charge in [0.25, 0.3) is 0 Å². The molecule has 1 aromatic carbocycles. The lowest BCUT2D eigenvalue weighted by molar-refractivity contribution is 0.102. The molecule has 0 aliphatic rings. The predicted molar refractivity (Wildman–Crippen MR) is 80.9 cm³/mol. The predicted octanol–water partition coefficient (Wildman–Crippen LogP) is 3.77.